The van der Waals surface area contributed by atoms with Gasteiger partial charge >= 0.3 is 0 Å². The van der Waals surface area contributed by atoms with E-state index in [4.69, 9.17) is 4.74 Å². The third-order valence-electron chi connectivity index (χ3n) is 3.22. The maximum atomic E-state index is 13.0. The van der Waals surface area contributed by atoms with Gasteiger partial charge in [-0.25, -0.2) is 4.39 Å². The highest BCUT2D eigenvalue weighted by molar-refractivity contribution is 9.10. The number of benzene rings is 2. The fraction of sp³-hybridized carbons (Fsp3) is 0.250. The Bertz CT molecular complexity index is 596. The van der Waals surface area contributed by atoms with Gasteiger partial charge in [0.1, 0.15) is 17.3 Å². The monoisotopic (exact) mass is 335 g/mol. The molecule has 1 aliphatic carbocycles. The molecule has 0 atom stereocenters. The normalized spacial score (nSPS) is 14.3. The molecule has 0 unspecified atom stereocenters. The number of halogens is 2. The van der Waals surface area contributed by atoms with E-state index >= 15 is 0 Å². The first-order valence-corrected chi connectivity index (χ1v) is 7.45. The van der Waals surface area contributed by atoms with E-state index in [-0.39, 0.29) is 5.82 Å². The minimum Gasteiger partial charge on any atom is -0.456 e. The van der Waals surface area contributed by atoms with Crippen LogP contribution in [0.3, 0.4) is 0 Å². The summed E-state index contributed by atoms with van der Waals surface area (Å²) in [5.74, 6) is 1.06. The van der Waals surface area contributed by atoms with Crippen LogP contribution in [0.4, 0.5) is 4.39 Å². The smallest absolute Gasteiger partial charge is 0.141 e. The molecule has 104 valence electrons. The third-order valence-corrected chi connectivity index (χ3v) is 3.84. The van der Waals surface area contributed by atoms with Crippen LogP contribution in [0.2, 0.25) is 0 Å². The van der Waals surface area contributed by atoms with Crippen LogP contribution in [0.1, 0.15) is 18.4 Å². The summed E-state index contributed by atoms with van der Waals surface area (Å²) in [6.45, 7) is 0.894. The maximum absolute atomic E-state index is 13.0. The molecule has 2 aromatic rings. The fourth-order valence-electron chi connectivity index (χ4n) is 1.91. The predicted octanol–water partition coefficient (Wildman–Crippen LogP) is 4.63. The van der Waals surface area contributed by atoms with Crippen LogP contribution in [0.15, 0.2) is 46.9 Å². The van der Waals surface area contributed by atoms with E-state index in [1.54, 1.807) is 6.07 Å². The summed E-state index contributed by atoms with van der Waals surface area (Å²) >= 11 is 3.29. The van der Waals surface area contributed by atoms with Crippen LogP contribution < -0.4 is 10.1 Å². The van der Waals surface area contributed by atoms with Crippen LogP contribution >= 0.6 is 15.9 Å². The predicted molar refractivity (Wildman–Crippen MR) is 80.5 cm³/mol. The molecule has 1 aliphatic rings. The van der Waals surface area contributed by atoms with Crippen molar-refractivity contribution in [3.63, 3.8) is 0 Å². The molecule has 1 saturated carbocycles. The SMILES string of the molecule is Fc1ccc(Oc2ccc(CNC3CC3)cc2)c(Br)c1. The maximum Gasteiger partial charge on any atom is 0.141 e. The molecule has 0 heterocycles. The highest BCUT2D eigenvalue weighted by atomic mass is 79.9. The summed E-state index contributed by atoms with van der Waals surface area (Å²) < 4.78 is 19.3. The minimum atomic E-state index is -0.286. The quantitative estimate of drug-likeness (QED) is 0.859. The number of rotatable bonds is 5. The molecule has 2 aromatic carbocycles. The van der Waals surface area contributed by atoms with Crippen molar-refractivity contribution in [2.45, 2.75) is 25.4 Å². The molecule has 0 aromatic heterocycles. The van der Waals surface area contributed by atoms with Gasteiger partial charge in [0.05, 0.1) is 4.47 Å². The lowest BCUT2D eigenvalue weighted by Gasteiger charge is -2.09. The lowest BCUT2D eigenvalue weighted by Crippen LogP contribution is -2.14. The summed E-state index contributed by atoms with van der Waals surface area (Å²) in [6.07, 6.45) is 2.58. The summed E-state index contributed by atoms with van der Waals surface area (Å²) in [4.78, 5) is 0. The van der Waals surface area contributed by atoms with E-state index in [1.165, 1.54) is 30.5 Å². The highest BCUT2D eigenvalue weighted by Crippen LogP contribution is 2.30. The zero-order chi connectivity index (χ0) is 13.9. The molecule has 0 spiro atoms. The van der Waals surface area contributed by atoms with Gasteiger partial charge in [0.25, 0.3) is 0 Å². The van der Waals surface area contributed by atoms with Gasteiger partial charge in [-0.05, 0) is 64.7 Å². The van der Waals surface area contributed by atoms with Gasteiger partial charge in [-0.15, -0.1) is 0 Å². The average molecular weight is 336 g/mol. The summed E-state index contributed by atoms with van der Waals surface area (Å²) in [5.41, 5.74) is 1.24. The average Bonchev–Trinajstić information content (AvgIpc) is 3.25. The number of ether oxygens (including phenoxy) is 1. The van der Waals surface area contributed by atoms with Crippen LogP contribution in [0.25, 0.3) is 0 Å². The number of hydrogen-bond acceptors (Lipinski definition) is 2. The molecule has 0 aliphatic heterocycles. The first kappa shape index (κ1) is 13.6. The summed E-state index contributed by atoms with van der Waals surface area (Å²) in [7, 11) is 0. The molecular weight excluding hydrogens is 321 g/mol. The van der Waals surface area contributed by atoms with Crippen LogP contribution in [0, 0.1) is 5.82 Å². The standard InChI is InChI=1S/C16H15BrFNO/c17-15-9-12(18)3-8-16(15)20-14-6-1-11(2-7-14)10-19-13-4-5-13/h1-3,6-9,13,19H,4-5,10H2. The van der Waals surface area contributed by atoms with E-state index in [0.29, 0.717) is 16.3 Å². The van der Waals surface area contributed by atoms with Gasteiger partial charge in [-0.3, -0.25) is 0 Å². The molecule has 0 amide bonds. The molecular formula is C16H15BrFNO. The van der Waals surface area contributed by atoms with Crippen LogP contribution in [0.5, 0.6) is 11.5 Å². The summed E-state index contributed by atoms with van der Waals surface area (Å²) in [6, 6.07) is 13.0. The number of nitrogens with one attached hydrogen (secondary N) is 1. The highest BCUT2D eigenvalue weighted by Gasteiger charge is 2.19. The van der Waals surface area contributed by atoms with Gasteiger partial charge in [0.2, 0.25) is 0 Å². The molecule has 0 radical (unpaired) electrons. The Labute approximate surface area is 126 Å². The Morgan fingerprint density at radius 2 is 1.90 bits per heavy atom. The molecule has 1 fully saturated rings. The Morgan fingerprint density at radius 1 is 1.15 bits per heavy atom. The van der Waals surface area contributed by atoms with Crippen molar-refractivity contribution in [1.82, 2.24) is 5.32 Å². The Kier molecular flexibility index (Phi) is 4.03. The Hall–Kier alpha value is -1.39. The molecule has 2 nitrogen and oxygen atoms in total. The van der Waals surface area contributed by atoms with Crippen LogP contribution in [-0.4, -0.2) is 6.04 Å². The Morgan fingerprint density at radius 3 is 2.55 bits per heavy atom. The van der Waals surface area contributed by atoms with E-state index in [1.807, 2.05) is 24.3 Å². The largest absolute Gasteiger partial charge is 0.456 e. The van der Waals surface area contributed by atoms with E-state index in [2.05, 4.69) is 21.2 Å². The zero-order valence-electron chi connectivity index (χ0n) is 10.9. The lowest BCUT2D eigenvalue weighted by atomic mass is 10.2. The first-order chi connectivity index (χ1) is 9.70. The summed E-state index contributed by atoms with van der Waals surface area (Å²) in [5, 5.41) is 3.47. The third kappa shape index (κ3) is 3.58. The van der Waals surface area contributed by atoms with E-state index < -0.39 is 0 Å². The van der Waals surface area contributed by atoms with Crippen molar-refractivity contribution >= 4 is 15.9 Å². The second-order valence-corrected chi connectivity index (χ2v) is 5.83. The van der Waals surface area contributed by atoms with E-state index in [9.17, 15) is 4.39 Å². The van der Waals surface area contributed by atoms with Crippen molar-refractivity contribution in [2.75, 3.05) is 0 Å². The van der Waals surface area contributed by atoms with Gasteiger partial charge in [-0.2, -0.15) is 0 Å². The van der Waals surface area contributed by atoms with Gasteiger partial charge in [-0.1, -0.05) is 12.1 Å². The molecule has 4 heteroatoms. The topological polar surface area (TPSA) is 21.3 Å². The lowest BCUT2D eigenvalue weighted by molar-refractivity contribution is 0.477. The Balaban J connectivity index is 1.64. The van der Waals surface area contributed by atoms with Crippen LogP contribution in [-0.2, 0) is 6.54 Å². The molecule has 1 N–H and O–H groups in total. The minimum absolute atomic E-state index is 0.286. The molecule has 20 heavy (non-hydrogen) atoms. The second-order valence-electron chi connectivity index (χ2n) is 4.98. The first-order valence-electron chi connectivity index (χ1n) is 6.66. The van der Waals surface area contributed by atoms with Gasteiger partial charge in [0.15, 0.2) is 0 Å². The molecule has 0 saturated heterocycles. The van der Waals surface area contributed by atoms with Gasteiger partial charge < -0.3 is 10.1 Å². The molecule has 0 bridgehead atoms. The van der Waals surface area contributed by atoms with Crippen molar-refractivity contribution < 1.29 is 9.13 Å². The van der Waals surface area contributed by atoms with Crippen molar-refractivity contribution in [1.29, 1.82) is 0 Å². The molecule has 3 rings (SSSR count). The second kappa shape index (κ2) is 5.94. The van der Waals surface area contributed by atoms with Crippen molar-refractivity contribution in [2.24, 2.45) is 0 Å². The van der Waals surface area contributed by atoms with Crippen molar-refractivity contribution in [3.05, 3.63) is 58.3 Å². The number of hydrogen-bond donors (Lipinski definition) is 1. The zero-order valence-corrected chi connectivity index (χ0v) is 12.5. The van der Waals surface area contributed by atoms with Crippen molar-refractivity contribution in [3.8, 4) is 11.5 Å². The fourth-order valence-corrected chi connectivity index (χ4v) is 2.34. The van der Waals surface area contributed by atoms with E-state index in [0.717, 1.165) is 12.3 Å². The van der Waals surface area contributed by atoms with Gasteiger partial charge in [0, 0.05) is 12.6 Å².